The van der Waals surface area contributed by atoms with Crippen molar-refractivity contribution >= 4 is 33.9 Å². The van der Waals surface area contributed by atoms with Crippen LogP contribution in [0, 0.1) is 5.92 Å². The van der Waals surface area contributed by atoms with Crippen molar-refractivity contribution < 1.29 is 19.4 Å². The number of carbonyl (C=O) groups is 2. The van der Waals surface area contributed by atoms with Gasteiger partial charge < -0.3 is 15.2 Å². The molecule has 0 spiro atoms. The summed E-state index contributed by atoms with van der Waals surface area (Å²) in [5.41, 5.74) is 0.723. The molecule has 1 rings (SSSR count). The molecule has 114 valence electrons. The first-order chi connectivity index (χ1) is 9.88. The minimum absolute atomic E-state index is 0.0599. The molecule has 5 nitrogen and oxygen atoms in total. The van der Waals surface area contributed by atoms with Gasteiger partial charge in [-0.15, -0.1) is 0 Å². The first-order valence-corrected chi connectivity index (χ1v) is 7.28. The lowest BCUT2D eigenvalue weighted by atomic mass is 10.2. The number of carboxylic acids is 1. The van der Waals surface area contributed by atoms with Crippen molar-refractivity contribution in [2.24, 2.45) is 5.92 Å². The summed E-state index contributed by atoms with van der Waals surface area (Å²) in [5, 5.41) is 11.3. The average molecular weight is 356 g/mol. The van der Waals surface area contributed by atoms with Gasteiger partial charge in [-0.25, -0.2) is 4.79 Å². The molecule has 0 aromatic heterocycles. The summed E-state index contributed by atoms with van der Waals surface area (Å²) in [6, 6.07) is 5.12. The summed E-state index contributed by atoms with van der Waals surface area (Å²) in [6.45, 7) is 4.58. The first kappa shape index (κ1) is 17.2. The Morgan fingerprint density at radius 1 is 1.43 bits per heavy atom. The SMILES string of the molecule is CC(C)CNC(=O)COc1ccc(C=CC(=O)O)cc1Br. The number of carbonyl (C=O) groups excluding carboxylic acids is 1. The third kappa shape index (κ3) is 6.94. The van der Waals surface area contributed by atoms with Gasteiger partial charge in [-0.2, -0.15) is 0 Å². The van der Waals surface area contributed by atoms with Gasteiger partial charge in [0.2, 0.25) is 0 Å². The highest BCUT2D eigenvalue weighted by molar-refractivity contribution is 9.10. The van der Waals surface area contributed by atoms with Crippen molar-refractivity contribution in [3.63, 3.8) is 0 Å². The van der Waals surface area contributed by atoms with Crippen LogP contribution in [-0.4, -0.2) is 30.1 Å². The van der Waals surface area contributed by atoms with Gasteiger partial charge in [0.05, 0.1) is 4.47 Å². The molecule has 0 aliphatic heterocycles. The van der Waals surface area contributed by atoms with E-state index in [2.05, 4.69) is 21.2 Å². The van der Waals surface area contributed by atoms with E-state index in [4.69, 9.17) is 9.84 Å². The maximum absolute atomic E-state index is 11.5. The van der Waals surface area contributed by atoms with Crippen molar-refractivity contribution in [2.45, 2.75) is 13.8 Å². The molecule has 6 heteroatoms. The van der Waals surface area contributed by atoms with Crippen LogP contribution in [0.25, 0.3) is 6.08 Å². The van der Waals surface area contributed by atoms with Gasteiger partial charge in [0, 0.05) is 12.6 Å². The lowest BCUT2D eigenvalue weighted by molar-refractivity contribution is -0.131. The van der Waals surface area contributed by atoms with Gasteiger partial charge in [-0.05, 0) is 45.6 Å². The molecule has 0 radical (unpaired) electrons. The van der Waals surface area contributed by atoms with Crippen LogP contribution in [0.1, 0.15) is 19.4 Å². The van der Waals surface area contributed by atoms with Crippen molar-refractivity contribution in [1.82, 2.24) is 5.32 Å². The second-order valence-corrected chi connectivity index (χ2v) is 5.70. The zero-order valence-corrected chi connectivity index (χ0v) is 13.5. The lowest BCUT2D eigenvalue weighted by Crippen LogP contribution is -2.31. The number of hydrogen-bond acceptors (Lipinski definition) is 3. The largest absolute Gasteiger partial charge is 0.483 e. The number of nitrogens with one attached hydrogen (secondary N) is 1. The van der Waals surface area contributed by atoms with Crippen molar-refractivity contribution in [3.05, 3.63) is 34.3 Å². The monoisotopic (exact) mass is 355 g/mol. The second-order valence-electron chi connectivity index (χ2n) is 4.85. The van der Waals surface area contributed by atoms with E-state index in [0.717, 1.165) is 11.6 Å². The number of ether oxygens (including phenoxy) is 1. The molecule has 0 atom stereocenters. The number of benzene rings is 1. The van der Waals surface area contributed by atoms with E-state index in [1.165, 1.54) is 6.08 Å². The van der Waals surface area contributed by atoms with Crippen molar-refractivity contribution in [3.8, 4) is 5.75 Å². The molecule has 0 heterocycles. The summed E-state index contributed by atoms with van der Waals surface area (Å²) in [4.78, 5) is 22.0. The van der Waals surface area contributed by atoms with Crippen LogP contribution in [0.15, 0.2) is 28.7 Å². The molecule has 2 N–H and O–H groups in total. The Labute approximate surface area is 132 Å². The van der Waals surface area contributed by atoms with Gasteiger partial charge in [-0.1, -0.05) is 19.9 Å². The number of hydrogen-bond donors (Lipinski definition) is 2. The maximum atomic E-state index is 11.5. The highest BCUT2D eigenvalue weighted by Gasteiger charge is 2.06. The van der Waals surface area contributed by atoms with Crippen molar-refractivity contribution in [1.29, 1.82) is 0 Å². The number of aliphatic carboxylic acids is 1. The van der Waals surface area contributed by atoms with E-state index >= 15 is 0 Å². The summed E-state index contributed by atoms with van der Waals surface area (Å²) in [5.74, 6) is -0.262. The first-order valence-electron chi connectivity index (χ1n) is 6.48. The molecule has 1 aromatic rings. The molecule has 0 unspecified atom stereocenters. The number of rotatable bonds is 7. The summed E-state index contributed by atoms with van der Waals surface area (Å²) in [7, 11) is 0. The minimum Gasteiger partial charge on any atom is -0.483 e. The number of halogens is 1. The Hall–Kier alpha value is -1.82. The summed E-state index contributed by atoms with van der Waals surface area (Å²) < 4.78 is 6.07. The van der Waals surface area contributed by atoms with Gasteiger partial charge in [-0.3, -0.25) is 4.79 Å². The van der Waals surface area contributed by atoms with E-state index in [0.29, 0.717) is 22.7 Å². The quantitative estimate of drug-likeness (QED) is 0.737. The third-order valence-corrected chi connectivity index (χ3v) is 3.06. The molecule has 0 saturated heterocycles. The highest BCUT2D eigenvalue weighted by atomic mass is 79.9. The van der Waals surface area contributed by atoms with Crippen LogP contribution in [-0.2, 0) is 9.59 Å². The van der Waals surface area contributed by atoms with E-state index in [1.807, 2.05) is 13.8 Å². The van der Waals surface area contributed by atoms with Gasteiger partial charge in [0.25, 0.3) is 5.91 Å². The van der Waals surface area contributed by atoms with E-state index in [9.17, 15) is 9.59 Å². The fourth-order valence-electron chi connectivity index (χ4n) is 1.42. The molecular formula is C15H18BrNO4. The normalized spacial score (nSPS) is 10.9. The molecule has 0 fully saturated rings. The van der Waals surface area contributed by atoms with E-state index in [-0.39, 0.29) is 12.5 Å². The smallest absolute Gasteiger partial charge is 0.328 e. The molecule has 21 heavy (non-hydrogen) atoms. The fraction of sp³-hybridized carbons (Fsp3) is 0.333. The van der Waals surface area contributed by atoms with Crippen LogP contribution in [0.3, 0.4) is 0 Å². The van der Waals surface area contributed by atoms with E-state index in [1.54, 1.807) is 18.2 Å². The van der Waals surface area contributed by atoms with Crippen LogP contribution in [0.4, 0.5) is 0 Å². The Morgan fingerprint density at radius 3 is 2.71 bits per heavy atom. The fourth-order valence-corrected chi connectivity index (χ4v) is 1.93. The molecular weight excluding hydrogens is 338 g/mol. The summed E-state index contributed by atoms with van der Waals surface area (Å²) >= 11 is 3.33. The highest BCUT2D eigenvalue weighted by Crippen LogP contribution is 2.26. The van der Waals surface area contributed by atoms with E-state index < -0.39 is 5.97 Å². The Balaban J connectivity index is 2.57. The average Bonchev–Trinajstić information content (AvgIpc) is 2.41. The second kappa shape index (κ2) is 8.46. The Kier molecular flexibility index (Phi) is 6.94. The number of amides is 1. The van der Waals surface area contributed by atoms with Gasteiger partial charge >= 0.3 is 5.97 Å². The molecule has 0 aliphatic carbocycles. The predicted octanol–water partition coefficient (Wildman–Crippen LogP) is 2.70. The Morgan fingerprint density at radius 2 is 2.14 bits per heavy atom. The van der Waals surface area contributed by atoms with Crippen LogP contribution in [0.2, 0.25) is 0 Å². The third-order valence-electron chi connectivity index (χ3n) is 2.44. The summed E-state index contributed by atoms with van der Waals surface area (Å²) in [6.07, 6.45) is 2.54. The number of carboxylic acid groups (broad SMARTS) is 1. The minimum atomic E-state index is -1.01. The zero-order valence-electron chi connectivity index (χ0n) is 11.9. The lowest BCUT2D eigenvalue weighted by Gasteiger charge is -2.10. The van der Waals surface area contributed by atoms with Crippen LogP contribution < -0.4 is 10.1 Å². The molecule has 1 amide bonds. The maximum Gasteiger partial charge on any atom is 0.328 e. The topological polar surface area (TPSA) is 75.6 Å². The van der Waals surface area contributed by atoms with Crippen LogP contribution >= 0.6 is 15.9 Å². The zero-order chi connectivity index (χ0) is 15.8. The predicted molar refractivity (Wildman–Crippen MR) is 84.2 cm³/mol. The van der Waals surface area contributed by atoms with Gasteiger partial charge in [0.15, 0.2) is 6.61 Å². The van der Waals surface area contributed by atoms with Crippen LogP contribution in [0.5, 0.6) is 5.75 Å². The molecule has 0 bridgehead atoms. The Bertz CT molecular complexity index is 540. The molecule has 1 aromatic carbocycles. The van der Waals surface area contributed by atoms with Crippen molar-refractivity contribution in [2.75, 3.05) is 13.2 Å². The molecule has 0 saturated carbocycles. The molecule has 0 aliphatic rings. The van der Waals surface area contributed by atoms with Gasteiger partial charge in [0.1, 0.15) is 5.75 Å². The standard InChI is InChI=1S/C15H18BrNO4/c1-10(2)8-17-14(18)9-21-13-5-3-11(7-12(13)16)4-6-15(19)20/h3-7,10H,8-9H2,1-2H3,(H,17,18)(H,19,20).